The molecule has 0 atom stereocenters. The Kier molecular flexibility index (Phi) is 4.98. The first-order valence-electron chi connectivity index (χ1n) is 9.79. The lowest BCUT2D eigenvalue weighted by atomic mass is 9.94. The fourth-order valence-corrected chi connectivity index (χ4v) is 3.66. The summed E-state index contributed by atoms with van der Waals surface area (Å²) in [4.78, 5) is 33.8. The van der Waals surface area contributed by atoms with Crippen molar-refractivity contribution in [2.75, 3.05) is 25.5 Å². The number of piperidine rings is 1. The molecular formula is C21H25N5O4. The molecule has 0 spiro atoms. The van der Waals surface area contributed by atoms with Crippen molar-refractivity contribution in [1.82, 2.24) is 19.4 Å². The molecule has 0 bridgehead atoms. The second-order valence-electron chi connectivity index (χ2n) is 7.91. The summed E-state index contributed by atoms with van der Waals surface area (Å²) in [5.41, 5.74) is 2.10. The van der Waals surface area contributed by atoms with Crippen LogP contribution in [0.4, 0.5) is 10.7 Å². The van der Waals surface area contributed by atoms with E-state index in [0.717, 1.165) is 11.1 Å². The summed E-state index contributed by atoms with van der Waals surface area (Å²) < 4.78 is 6.95. The number of carbonyl (C=O) groups excluding carboxylic acids is 1. The molecule has 0 unspecified atom stereocenters. The maximum absolute atomic E-state index is 12.7. The van der Waals surface area contributed by atoms with Crippen LogP contribution in [0.1, 0.15) is 19.8 Å². The topological polar surface area (TPSA) is 112 Å². The third-order valence-electron chi connectivity index (χ3n) is 5.58. The lowest BCUT2D eigenvalue weighted by Gasteiger charge is -2.35. The van der Waals surface area contributed by atoms with Crippen LogP contribution < -0.4 is 15.6 Å². The Morgan fingerprint density at radius 1 is 1.27 bits per heavy atom. The average molecular weight is 411 g/mol. The summed E-state index contributed by atoms with van der Waals surface area (Å²) >= 11 is 0. The van der Waals surface area contributed by atoms with E-state index in [1.165, 1.54) is 10.6 Å². The van der Waals surface area contributed by atoms with Crippen LogP contribution in [0.3, 0.4) is 0 Å². The average Bonchev–Trinajstić information content (AvgIpc) is 3.12. The number of methoxy groups -OCH3 is 1. The van der Waals surface area contributed by atoms with Crippen molar-refractivity contribution < 1.29 is 14.6 Å². The molecule has 2 aromatic heterocycles. The number of pyridine rings is 1. The summed E-state index contributed by atoms with van der Waals surface area (Å²) in [5, 5.41) is 12.9. The Hall–Kier alpha value is -3.33. The maximum Gasteiger partial charge on any atom is 0.324 e. The molecule has 4 rings (SSSR count). The van der Waals surface area contributed by atoms with Crippen molar-refractivity contribution in [3.63, 3.8) is 0 Å². The number of hydrogen-bond acceptors (Lipinski definition) is 5. The zero-order valence-electron chi connectivity index (χ0n) is 17.2. The zero-order chi connectivity index (χ0) is 21.5. The third-order valence-corrected chi connectivity index (χ3v) is 5.58. The Morgan fingerprint density at radius 3 is 2.67 bits per heavy atom. The largest absolute Gasteiger partial charge is 0.494 e. The van der Waals surface area contributed by atoms with Gasteiger partial charge >= 0.3 is 6.03 Å². The van der Waals surface area contributed by atoms with E-state index in [2.05, 4.69) is 15.3 Å². The van der Waals surface area contributed by atoms with Crippen molar-refractivity contribution in [1.29, 1.82) is 0 Å². The van der Waals surface area contributed by atoms with E-state index in [4.69, 9.17) is 4.74 Å². The molecule has 30 heavy (non-hydrogen) atoms. The minimum Gasteiger partial charge on any atom is -0.494 e. The quantitative estimate of drug-likeness (QED) is 0.612. The molecule has 9 heteroatoms. The number of aromatic amines is 1. The highest BCUT2D eigenvalue weighted by molar-refractivity contribution is 5.98. The third kappa shape index (κ3) is 3.76. The molecule has 158 valence electrons. The number of likely N-dealkylation sites (tertiary alicyclic amines) is 1. The van der Waals surface area contributed by atoms with Crippen LogP contribution in [0.15, 0.2) is 35.3 Å². The molecule has 1 fully saturated rings. The molecule has 3 heterocycles. The van der Waals surface area contributed by atoms with Gasteiger partial charge in [0.15, 0.2) is 0 Å². The number of nitrogens with one attached hydrogen (secondary N) is 2. The van der Waals surface area contributed by atoms with Gasteiger partial charge in [0, 0.05) is 43.5 Å². The van der Waals surface area contributed by atoms with Crippen LogP contribution in [0.5, 0.6) is 5.75 Å². The highest BCUT2D eigenvalue weighted by atomic mass is 16.5. The van der Waals surface area contributed by atoms with Crippen molar-refractivity contribution >= 4 is 23.0 Å². The molecule has 3 aromatic rings. The monoisotopic (exact) mass is 411 g/mol. The number of carbonyl (C=O) groups is 1. The Morgan fingerprint density at radius 2 is 2.00 bits per heavy atom. The molecular weight excluding hydrogens is 386 g/mol. The Bertz CT molecular complexity index is 1150. The number of ether oxygens (including phenoxy) is 1. The van der Waals surface area contributed by atoms with Gasteiger partial charge in [-0.25, -0.2) is 9.78 Å². The summed E-state index contributed by atoms with van der Waals surface area (Å²) in [6, 6.07) is 6.67. The van der Waals surface area contributed by atoms with Crippen LogP contribution in [0, 0.1) is 0 Å². The first-order chi connectivity index (χ1) is 14.3. The van der Waals surface area contributed by atoms with Gasteiger partial charge in [-0.2, -0.15) is 0 Å². The number of fused-ring (bicyclic) bond motifs is 1. The fourth-order valence-electron chi connectivity index (χ4n) is 3.66. The number of anilines is 1. The normalized spacial score (nSPS) is 15.9. The van der Waals surface area contributed by atoms with Gasteiger partial charge in [0.25, 0.3) is 0 Å². The summed E-state index contributed by atoms with van der Waals surface area (Å²) in [5.74, 6) is 0.906. The van der Waals surface area contributed by atoms with Crippen molar-refractivity contribution in [3.05, 3.63) is 40.8 Å². The Labute approximate surface area is 173 Å². The fraction of sp³-hybridized carbons (Fsp3) is 0.381. The number of nitrogens with zero attached hydrogens (tertiary/aromatic N) is 3. The van der Waals surface area contributed by atoms with Gasteiger partial charge in [0.2, 0.25) is 11.5 Å². The van der Waals surface area contributed by atoms with Crippen LogP contribution >= 0.6 is 0 Å². The molecule has 1 aromatic carbocycles. The number of H-pyrrole nitrogens is 1. The predicted octanol–water partition coefficient (Wildman–Crippen LogP) is 2.32. The lowest BCUT2D eigenvalue weighted by molar-refractivity contribution is 0.00569. The molecule has 0 radical (unpaired) electrons. The summed E-state index contributed by atoms with van der Waals surface area (Å²) in [6.45, 7) is 2.74. The molecule has 1 aliphatic rings. The van der Waals surface area contributed by atoms with Gasteiger partial charge < -0.3 is 24.3 Å². The number of amides is 2. The standard InChI is InChI=1S/C21H25N5O4/c1-21(29)8-10-26(11-9-21)20(28)24-19-22-17-14(5-6-15(30-3)18(17)23-19)13-4-7-16(27)25(2)12-13/h4-7,12,29H,8-11H2,1-3H3,(H2,22,23,24,28). The second kappa shape index (κ2) is 7.49. The summed E-state index contributed by atoms with van der Waals surface area (Å²) in [7, 11) is 3.26. The zero-order valence-corrected chi connectivity index (χ0v) is 17.2. The second-order valence-corrected chi connectivity index (χ2v) is 7.91. The first kappa shape index (κ1) is 20.0. The molecule has 1 saturated heterocycles. The van der Waals surface area contributed by atoms with Gasteiger partial charge in [-0.3, -0.25) is 10.1 Å². The SMILES string of the molecule is COc1ccc(-c2ccc(=O)n(C)c2)c2nc(NC(=O)N3CCC(C)(O)CC3)[nH]c12. The number of urea groups is 1. The highest BCUT2D eigenvalue weighted by Crippen LogP contribution is 2.33. The number of aryl methyl sites for hydroxylation is 1. The van der Waals surface area contributed by atoms with Gasteiger partial charge in [0.1, 0.15) is 16.8 Å². The molecule has 2 amide bonds. The number of imidazole rings is 1. The minimum absolute atomic E-state index is 0.0982. The smallest absolute Gasteiger partial charge is 0.324 e. The van der Waals surface area contributed by atoms with E-state index in [-0.39, 0.29) is 11.6 Å². The number of rotatable bonds is 3. The number of aromatic nitrogens is 3. The number of benzene rings is 1. The van der Waals surface area contributed by atoms with E-state index in [9.17, 15) is 14.7 Å². The minimum atomic E-state index is -0.728. The summed E-state index contributed by atoms with van der Waals surface area (Å²) in [6.07, 6.45) is 2.81. The van der Waals surface area contributed by atoms with Crippen molar-refractivity contribution in [2.45, 2.75) is 25.4 Å². The molecule has 9 nitrogen and oxygen atoms in total. The van der Waals surface area contributed by atoms with Crippen LogP contribution in [-0.2, 0) is 7.05 Å². The van der Waals surface area contributed by atoms with Gasteiger partial charge in [-0.15, -0.1) is 0 Å². The van der Waals surface area contributed by atoms with E-state index < -0.39 is 5.60 Å². The lowest BCUT2D eigenvalue weighted by Crippen LogP contribution is -2.46. The van der Waals surface area contributed by atoms with Crippen LogP contribution in [0.2, 0.25) is 0 Å². The van der Waals surface area contributed by atoms with Crippen molar-refractivity contribution in [3.8, 4) is 16.9 Å². The van der Waals surface area contributed by atoms with Gasteiger partial charge in [-0.05, 0) is 38.0 Å². The predicted molar refractivity (Wildman–Crippen MR) is 114 cm³/mol. The van der Waals surface area contributed by atoms with E-state index in [1.54, 1.807) is 38.2 Å². The molecule has 3 N–H and O–H groups in total. The number of hydrogen-bond donors (Lipinski definition) is 3. The molecule has 0 saturated carbocycles. The number of aliphatic hydroxyl groups is 1. The van der Waals surface area contributed by atoms with E-state index >= 15 is 0 Å². The van der Waals surface area contributed by atoms with Crippen molar-refractivity contribution in [2.24, 2.45) is 7.05 Å². The molecule has 0 aliphatic carbocycles. The molecule has 1 aliphatic heterocycles. The van der Waals surface area contributed by atoms with E-state index in [0.29, 0.717) is 48.7 Å². The van der Waals surface area contributed by atoms with Crippen LogP contribution in [0.25, 0.3) is 22.2 Å². The van der Waals surface area contributed by atoms with Gasteiger partial charge in [-0.1, -0.05) is 0 Å². The van der Waals surface area contributed by atoms with Crippen LogP contribution in [-0.4, -0.2) is 56.4 Å². The highest BCUT2D eigenvalue weighted by Gasteiger charge is 2.30. The first-order valence-corrected chi connectivity index (χ1v) is 9.79. The maximum atomic E-state index is 12.7. The Balaban J connectivity index is 1.66. The van der Waals surface area contributed by atoms with Gasteiger partial charge in [0.05, 0.1) is 12.7 Å². The van der Waals surface area contributed by atoms with E-state index in [1.807, 2.05) is 12.1 Å².